The number of nitrogens with zero attached hydrogens (tertiary/aromatic N) is 1. The number of benzene rings is 2. The molecule has 2 heterocycles. The molecule has 6 heteroatoms. The second-order valence-corrected chi connectivity index (χ2v) is 6.37. The predicted octanol–water partition coefficient (Wildman–Crippen LogP) is 2.81. The van der Waals surface area contributed by atoms with Crippen molar-refractivity contribution in [3.05, 3.63) is 54.1 Å². The van der Waals surface area contributed by atoms with Crippen LogP contribution in [-0.2, 0) is 6.54 Å². The molecule has 0 bridgehead atoms. The van der Waals surface area contributed by atoms with E-state index in [2.05, 4.69) is 39.8 Å². The van der Waals surface area contributed by atoms with E-state index in [4.69, 9.17) is 9.47 Å². The third kappa shape index (κ3) is 3.85. The van der Waals surface area contributed by atoms with E-state index in [9.17, 15) is 4.79 Å². The number of urea groups is 1. The SMILES string of the molecule is O=C(Nc1ccc2c(c1)OCO2)N[C@@H]1CCN(Cc2ccccc2)C1. The summed E-state index contributed by atoms with van der Waals surface area (Å²) in [5.74, 6) is 1.37. The lowest BCUT2D eigenvalue weighted by Crippen LogP contribution is -2.39. The Labute approximate surface area is 146 Å². The predicted molar refractivity (Wildman–Crippen MR) is 94.8 cm³/mol. The molecule has 2 amide bonds. The number of fused-ring (bicyclic) bond motifs is 1. The van der Waals surface area contributed by atoms with Crippen LogP contribution < -0.4 is 20.1 Å². The van der Waals surface area contributed by atoms with Crippen LogP contribution in [0.25, 0.3) is 0 Å². The van der Waals surface area contributed by atoms with Gasteiger partial charge in [-0.05, 0) is 24.1 Å². The number of likely N-dealkylation sites (tertiary alicyclic amines) is 1. The average Bonchev–Trinajstić information content (AvgIpc) is 3.24. The maximum Gasteiger partial charge on any atom is 0.319 e. The lowest BCUT2D eigenvalue weighted by atomic mass is 10.2. The molecule has 6 nitrogen and oxygen atoms in total. The van der Waals surface area contributed by atoms with Crippen molar-refractivity contribution >= 4 is 11.7 Å². The second kappa shape index (κ2) is 7.03. The van der Waals surface area contributed by atoms with Crippen LogP contribution in [0.2, 0.25) is 0 Å². The van der Waals surface area contributed by atoms with Crippen LogP contribution in [0.3, 0.4) is 0 Å². The third-order valence-corrected chi connectivity index (χ3v) is 4.49. The molecular weight excluding hydrogens is 318 g/mol. The highest BCUT2D eigenvalue weighted by Crippen LogP contribution is 2.34. The van der Waals surface area contributed by atoms with Crippen molar-refractivity contribution in [3.8, 4) is 11.5 Å². The van der Waals surface area contributed by atoms with E-state index >= 15 is 0 Å². The van der Waals surface area contributed by atoms with Crippen molar-refractivity contribution in [3.63, 3.8) is 0 Å². The standard InChI is InChI=1S/C19H21N3O3/c23-19(20-15-6-7-17-18(10-15)25-13-24-17)21-16-8-9-22(12-16)11-14-4-2-1-3-5-14/h1-7,10,16H,8-9,11-13H2,(H2,20,21,23)/t16-/m1/s1. The summed E-state index contributed by atoms with van der Waals surface area (Å²) in [4.78, 5) is 14.6. The smallest absolute Gasteiger partial charge is 0.319 e. The Morgan fingerprint density at radius 2 is 1.96 bits per heavy atom. The summed E-state index contributed by atoms with van der Waals surface area (Å²) >= 11 is 0. The van der Waals surface area contributed by atoms with Gasteiger partial charge in [0.25, 0.3) is 0 Å². The highest BCUT2D eigenvalue weighted by molar-refractivity contribution is 5.89. The van der Waals surface area contributed by atoms with Crippen LogP contribution >= 0.6 is 0 Å². The molecule has 2 aliphatic heterocycles. The van der Waals surface area contributed by atoms with E-state index < -0.39 is 0 Å². The molecule has 2 aromatic carbocycles. The first-order valence-corrected chi connectivity index (χ1v) is 8.50. The van der Waals surface area contributed by atoms with Gasteiger partial charge in [0, 0.05) is 37.4 Å². The second-order valence-electron chi connectivity index (χ2n) is 6.37. The molecule has 0 aliphatic carbocycles. The van der Waals surface area contributed by atoms with Crippen molar-refractivity contribution in [2.24, 2.45) is 0 Å². The Hall–Kier alpha value is -2.73. The van der Waals surface area contributed by atoms with Crippen LogP contribution in [-0.4, -0.2) is 36.9 Å². The molecule has 0 saturated carbocycles. The molecule has 4 rings (SSSR count). The molecule has 25 heavy (non-hydrogen) atoms. The Kier molecular flexibility index (Phi) is 4.43. The largest absolute Gasteiger partial charge is 0.454 e. The highest BCUT2D eigenvalue weighted by Gasteiger charge is 2.24. The van der Waals surface area contributed by atoms with Gasteiger partial charge in [-0.25, -0.2) is 4.79 Å². The molecule has 0 radical (unpaired) electrons. The summed E-state index contributed by atoms with van der Waals surface area (Å²) < 4.78 is 10.6. The molecule has 1 saturated heterocycles. The highest BCUT2D eigenvalue weighted by atomic mass is 16.7. The summed E-state index contributed by atoms with van der Waals surface area (Å²) in [7, 11) is 0. The normalized spacial score (nSPS) is 19.0. The first kappa shape index (κ1) is 15.8. The lowest BCUT2D eigenvalue weighted by Gasteiger charge is -2.17. The van der Waals surface area contributed by atoms with Gasteiger partial charge in [0.05, 0.1) is 0 Å². The van der Waals surface area contributed by atoms with E-state index in [-0.39, 0.29) is 18.9 Å². The van der Waals surface area contributed by atoms with Gasteiger partial charge in [0.15, 0.2) is 11.5 Å². The van der Waals surface area contributed by atoms with Gasteiger partial charge in [-0.1, -0.05) is 30.3 Å². The van der Waals surface area contributed by atoms with E-state index in [1.165, 1.54) is 5.56 Å². The summed E-state index contributed by atoms with van der Waals surface area (Å²) in [5.41, 5.74) is 1.99. The van der Waals surface area contributed by atoms with Crippen LogP contribution in [0.4, 0.5) is 10.5 Å². The maximum atomic E-state index is 12.2. The van der Waals surface area contributed by atoms with Crippen LogP contribution in [0.5, 0.6) is 11.5 Å². The van der Waals surface area contributed by atoms with Crippen molar-refractivity contribution in [1.82, 2.24) is 10.2 Å². The van der Waals surface area contributed by atoms with Crippen LogP contribution in [0.1, 0.15) is 12.0 Å². The number of carbonyl (C=O) groups excluding carboxylic acids is 1. The number of nitrogens with one attached hydrogen (secondary N) is 2. The molecule has 0 unspecified atom stereocenters. The van der Waals surface area contributed by atoms with Gasteiger partial charge < -0.3 is 20.1 Å². The van der Waals surface area contributed by atoms with Gasteiger partial charge in [-0.15, -0.1) is 0 Å². The van der Waals surface area contributed by atoms with Crippen molar-refractivity contribution in [1.29, 1.82) is 0 Å². The molecule has 2 aromatic rings. The van der Waals surface area contributed by atoms with Gasteiger partial charge in [0.2, 0.25) is 6.79 Å². The molecule has 1 atom stereocenters. The minimum atomic E-state index is -0.189. The van der Waals surface area contributed by atoms with Crippen LogP contribution in [0, 0.1) is 0 Å². The topological polar surface area (TPSA) is 62.8 Å². The summed E-state index contributed by atoms with van der Waals surface area (Å²) in [6, 6.07) is 15.8. The molecule has 2 aliphatic rings. The van der Waals surface area contributed by atoms with Crippen molar-refractivity contribution in [2.45, 2.75) is 19.0 Å². The number of hydrogen-bond acceptors (Lipinski definition) is 4. The monoisotopic (exact) mass is 339 g/mol. The zero-order valence-electron chi connectivity index (χ0n) is 13.9. The Morgan fingerprint density at radius 1 is 1.12 bits per heavy atom. The Morgan fingerprint density at radius 3 is 2.84 bits per heavy atom. The average molecular weight is 339 g/mol. The molecule has 130 valence electrons. The van der Waals surface area contributed by atoms with Gasteiger partial charge >= 0.3 is 6.03 Å². The van der Waals surface area contributed by atoms with E-state index in [1.807, 2.05) is 12.1 Å². The Bertz CT molecular complexity index is 751. The molecule has 0 spiro atoms. The first-order valence-electron chi connectivity index (χ1n) is 8.50. The molecule has 1 fully saturated rings. The number of hydrogen-bond donors (Lipinski definition) is 2. The van der Waals surface area contributed by atoms with Crippen molar-refractivity contribution in [2.75, 3.05) is 25.2 Å². The number of carbonyl (C=O) groups is 1. The number of ether oxygens (including phenoxy) is 2. The van der Waals surface area contributed by atoms with Crippen molar-refractivity contribution < 1.29 is 14.3 Å². The summed E-state index contributed by atoms with van der Waals surface area (Å²) in [6.07, 6.45) is 0.960. The Balaban J connectivity index is 1.27. The van der Waals surface area contributed by atoms with Gasteiger partial charge in [-0.3, -0.25) is 4.90 Å². The third-order valence-electron chi connectivity index (χ3n) is 4.49. The van der Waals surface area contributed by atoms with Gasteiger partial charge in [-0.2, -0.15) is 0 Å². The fourth-order valence-corrected chi connectivity index (χ4v) is 3.26. The maximum absolute atomic E-state index is 12.2. The lowest BCUT2D eigenvalue weighted by molar-refractivity contribution is 0.174. The fourth-order valence-electron chi connectivity index (χ4n) is 3.26. The zero-order valence-corrected chi connectivity index (χ0v) is 13.9. The zero-order chi connectivity index (χ0) is 17.1. The molecule has 2 N–H and O–H groups in total. The van der Waals surface area contributed by atoms with E-state index in [1.54, 1.807) is 12.1 Å². The fraction of sp³-hybridized carbons (Fsp3) is 0.316. The van der Waals surface area contributed by atoms with E-state index in [0.29, 0.717) is 17.2 Å². The summed E-state index contributed by atoms with van der Waals surface area (Å²) in [5, 5.41) is 5.91. The minimum Gasteiger partial charge on any atom is -0.454 e. The molecule has 0 aromatic heterocycles. The van der Waals surface area contributed by atoms with Gasteiger partial charge in [0.1, 0.15) is 0 Å². The number of amides is 2. The number of rotatable bonds is 4. The quantitative estimate of drug-likeness (QED) is 0.899. The first-order chi connectivity index (χ1) is 12.3. The summed E-state index contributed by atoms with van der Waals surface area (Å²) in [6.45, 7) is 3.00. The van der Waals surface area contributed by atoms with Crippen LogP contribution in [0.15, 0.2) is 48.5 Å². The number of anilines is 1. The minimum absolute atomic E-state index is 0.165. The molecular formula is C19H21N3O3. The van der Waals surface area contributed by atoms with E-state index in [0.717, 1.165) is 26.1 Å².